The Kier molecular flexibility index (Phi) is 3.41. The first-order chi connectivity index (χ1) is 9.26. The molecule has 0 aliphatic rings. The molecule has 0 saturated heterocycles. The van der Waals surface area contributed by atoms with Gasteiger partial charge in [0.2, 0.25) is 0 Å². The van der Waals surface area contributed by atoms with Crippen molar-refractivity contribution in [3.8, 4) is 0 Å². The van der Waals surface area contributed by atoms with Crippen LogP contribution < -0.4 is 5.32 Å². The molecule has 0 radical (unpaired) electrons. The maximum absolute atomic E-state index is 8.98. The van der Waals surface area contributed by atoms with Crippen LogP contribution in [0, 0.1) is 6.92 Å². The van der Waals surface area contributed by atoms with E-state index in [1.54, 1.807) is 17.7 Å². The molecule has 98 valence electrons. The number of hydrogen-bond acceptors (Lipinski definition) is 7. The predicted octanol–water partition coefficient (Wildman–Crippen LogP) is 2.56. The summed E-state index contributed by atoms with van der Waals surface area (Å²) in [5, 5.41) is 16.1. The second-order valence-electron chi connectivity index (χ2n) is 4.04. The lowest BCUT2D eigenvalue weighted by molar-refractivity contribution is 0.277. The molecular weight excluding hydrogens is 280 g/mol. The highest BCUT2D eigenvalue weighted by Gasteiger charge is 2.07. The van der Waals surface area contributed by atoms with E-state index in [2.05, 4.69) is 33.3 Å². The van der Waals surface area contributed by atoms with Gasteiger partial charge in [0.15, 0.2) is 0 Å². The maximum atomic E-state index is 8.98. The molecule has 0 aliphatic carbocycles. The summed E-state index contributed by atoms with van der Waals surface area (Å²) in [6.07, 6.45) is 1.57. The van der Waals surface area contributed by atoms with Crippen LogP contribution in [0.3, 0.4) is 0 Å². The van der Waals surface area contributed by atoms with Crippen LogP contribution in [-0.2, 0) is 13.2 Å². The van der Waals surface area contributed by atoms with E-state index in [0.717, 1.165) is 21.0 Å². The van der Waals surface area contributed by atoms with Crippen LogP contribution in [0.5, 0.6) is 0 Å². The van der Waals surface area contributed by atoms with Gasteiger partial charge in [-0.1, -0.05) is 0 Å². The van der Waals surface area contributed by atoms with E-state index in [9.17, 15) is 0 Å². The van der Waals surface area contributed by atoms with E-state index in [0.29, 0.717) is 12.2 Å². The largest absolute Gasteiger partial charge is 0.390 e. The Morgan fingerprint density at radius 2 is 2.26 bits per heavy atom. The molecule has 3 aromatic rings. The van der Waals surface area contributed by atoms with Crippen molar-refractivity contribution in [2.75, 3.05) is 5.32 Å². The fourth-order valence-corrected chi connectivity index (χ4v) is 3.35. The monoisotopic (exact) mass is 292 g/mol. The Hall–Kier alpha value is -1.57. The van der Waals surface area contributed by atoms with Gasteiger partial charge in [-0.15, -0.1) is 22.7 Å². The number of rotatable bonds is 4. The Morgan fingerprint density at radius 1 is 1.37 bits per heavy atom. The van der Waals surface area contributed by atoms with E-state index in [1.807, 2.05) is 5.38 Å². The minimum atomic E-state index is -0.0159. The summed E-state index contributed by atoms with van der Waals surface area (Å²) in [4.78, 5) is 15.0. The molecule has 3 aromatic heterocycles. The number of nitrogens with one attached hydrogen (secondary N) is 1. The van der Waals surface area contributed by atoms with Crippen LogP contribution in [0.2, 0.25) is 0 Å². The van der Waals surface area contributed by atoms with Crippen molar-refractivity contribution in [1.29, 1.82) is 0 Å². The van der Waals surface area contributed by atoms with Gasteiger partial charge < -0.3 is 10.4 Å². The highest BCUT2D eigenvalue weighted by atomic mass is 32.1. The summed E-state index contributed by atoms with van der Waals surface area (Å²) >= 11 is 3.19. The van der Waals surface area contributed by atoms with Gasteiger partial charge in [-0.3, -0.25) is 0 Å². The third-order valence-electron chi connectivity index (χ3n) is 2.62. The SMILES string of the molecule is Cc1cc2c(NCc3nc(CO)cs3)ncnc2s1. The molecule has 0 fully saturated rings. The lowest BCUT2D eigenvalue weighted by Gasteiger charge is -2.03. The summed E-state index contributed by atoms with van der Waals surface area (Å²) in [7, 11) is 0. The number of anilines is 1. The number of thiazole rings is 1. The number of aliphatic hydroxyl groups excluding tert-OH is 1. The van der Waals surface area contributed by atoms with Gasteiger partial charge in [0, 0.05) is 10.3 Å². The minimum Gasteiger partial charge on any atom is -0.390 e. The highest BCUT2D eigenvalue weighted by molar-refractivity contribution is 7.18. The quantitative estimate of drug-likeness (QED) is 0.773. The van der Waals surface area contributed by atoms with Crippen molar-refractivity contribution in [2.24, 2.45) is 0 Å². The molecular formula is C12H12N4OS2. The van der Waals surface area contributed by atoms with Crippen LogP contribution in [-0.4, -0.2) is 20.1 Å². The minimum absolute atomic E-state index is 0.0159. The Balaban J connectivity index is 1.81. The molecule has 0 spiro atoms. The standard InChI is InChI=1S/C12H12N4OS2/c1-7-2-9-11(14-6-15-12(9)19-7)13-3-10-16-8(4-17)5-18-10/h2,5-6,17H,3-4H2,1H3,(H,13,14,15). The van der Waals surface area contributed by atoms with Crippen molar-refractivity contribution >= 4 is 38.7 Å². The van der Waals surface area contributed by atoms with E-state index < -0.39 is 0 Å². The number of fused-ring (bicyclic) bond motifs is 1. The van der Waals surface area contributed by atoms with Gasteiger partial charge in [0.25, 0.3) is 0 Å². The molecule has 0 amide bonds. The molecule has 0 aromatic carbocycles. The van der Waals surface area contributed by atoms with Crippen molar-refractivity contribution in [2.45, 2.75) is 20.1 Å². The van der Waals surface area contributed by atoms with Gasteiger partial charge in [-0.25, -0.2) is 15.0 Å². The fourth-order valence-electron chi connectivity index (χ4n) is 1.78. The molecule has 0 atom stereocenters. The molecule has 19 heavy (non-hydrogen) atoms. The fraction of sp³-hybridized carbons (Fsp3) is 0.250. The zero-order chi connectivity index (χ0) is 13.2. The molecule has 3 heterocycles. The Labute approximate surface area is 118 Å². The van der Waals surface area contributed by atoms with Gasteiger partial charge in [-0.2, -0.15) is 0 Å². The lowest BCUT2D eigenvalue weighted by atomic mass is 10.3. The van der Waals surface area contributed by atoms with Crippen LogP contribution in [0.25, 0.3) is 10.2 Å². The summed E-state index contributed by atoms with van der Waals surface area (Å²) in [5.41, 5.74) is 0.709. The van der Waals surface area contributed by atoms with Gasteiger partial charge in [0.1, 0.15) is 22.0 Å². The molecule has 7 heteroatoms. The van der Waals surface area contributed by atoms with E-state index >= 15 is 0 Å². The zero-order valence-corrected chi connectivity index (χ0v) is 11.9. The second-order valence-corrected chi connectivity index (χ2v) is 6.22. The normalized spacial score (nSPS) is 11.1. The molecule has 0 bridgehead atoms. The second kappa shape index (κ2) is 5.20. The average molecular weight is 292 g/mol. The zero-order valence-electron chi connectivity index (χ0n) is 10.3. The topological polar surface area (TPSA) is 70.9 Å². The number of thiophene rings is 1. The van der Waals surface area contributed by atoms with Gasteiger partial charge in [-0.05, 0) is 13.0 Å². The van der Waals surface area contributed by atoms with Crippen molar-refractivity contribution < 1.29 is 5.11 Å². The maximum Gasteiger partial charge on any atom is 0.138 e. The smallest absolute Gasteiger partial charge is 0.138 e. The highest BCUT2D eigenvalue weighted by Crippen LogP contribution is 2.27. The number of hydrogen-bond donors (Lipinski definition) is 2. The van der Waals surface area contributed by atoms with E-state index in [-0.39, 0.29) is 6.61 Å². The number of aryl methyl sites for hydroxylation is 1. The van der Waals surface area contributed by atoms with Crippen LogP contribution in [0.4, 0.5) is 5.82 Å². The molecule has 0 unspecified atom stereocenters. The summed E-state index contributed by atoms with van der Waals surface area (Å²) in [5.74, 6) is 0.829. The first-order valence-electron chi connectivity index (χ1n) is 5.75. The number of nitrogens with zero attached hydrogens (tertiary/aromatic N) is 3. The van der Waals surface area contributed by atoms with Crippen LogP contribution in [0.15, 0.2) is 17.8 Å². The average Bonchev–Trinajstić information content (AvgIpc) is 3.01. The van der Waals surface area contributed by atoms with Crippen LogP contribution in [0.1, 0.15) is 15.6 Å². The van der Waals surface area contributed by atoms with E-state index in [4.69, 9.17) is 5.11 Å². The van der Waals surface area contributed by atoms with Crippen molar-refractivity contribution in [3.05, 3.63) is 33.4 Å². The van der Waals surface area contributed by atoms with Crippen LogP contribution >= 0.6 is 22.7 Å². The summed E-state index contributed by atoms with van der Waals surface area (Å²) in [6.45, 7) is 2.65. The molecule has 2 N–H and O–H groups in total. The first kappa shape index (κ1) is 12.5. The Morgan fingerprint density at radius 3 is 3.05 bits per heavy atom. The molecule has 5 nitrogen and oxygen atoms in total. The lowest BCUT2D eigenvalue weighted by Crippen LogP contribution is -2.01. The summed E-state index contributed by atoms with van der Waals surface area (Å²) in [6, 6.07) is 2.09. The Bertz CT molecular complexity index is 707. The first-order valence-corrected chi connectivity index (χ1v) is 7.45. The molecule has 0 saturated carbocycles. The number of aliphatic hydroxyl groups is 1. The van der Waals surface area contributed by atoms with E-state index in [1.165, 1.54) is 16.2 Å². The van der Waals surface area contributed by atoms with Crippen molar-refractivity contribution in [3.63, 3.8) is 0 Å². The summed E-state index contributed by atoms with van der Waals surface area (Å²) < 4.78 is 0. The van der Waals surface area contributed by atoms with Gasteiger partial charge in [0.05, 0.1) is 24.2 Å². The molecule has 0 aliphatic heterocycles. The number of aromatic nitrogens is 3. The van der Waals surface area contributed by atoms with Crippen molar-refractivity contribution in [1.82, 2.24) is 15.0 Å². The predicted molar refractivity (Wildman–Crippen MR) is 77.5 cm³/mol. The third-order valence-corrected chi connectivity index (χ3v) is 4.48. The van der Waals surface area contributed by atoms with Gasteiger partial charge >= 0.3 is 0 Å². The molecule has 3 rings (SSSR count). The third kappa shape index (κ3) is 2.58.